The van der Waals surface area contributed by atoms with Gasteiger partial charge in [-0.05, 0) is 50.9 Å². The molecule has 1 rings (SSSR count). The van der Waals surface area contributed by atoms with Gasteiger partial charge in [0, 0.05) is 6.54 Å². The van der Waals surface area contributed by atoms with Gasteiger partial charge in [-0.15, -0.1) is 0 Å². The van der Waals surface area contributed by atoms with Crippen molar-refractivity contribution >= 4 is 0 Å². The van der Waals surface area contributed by atoms with E-state index >= 15 is 0 Å². The highest BCUT2D eigenvalue weighted by atomic mass is 16.3. The topological polar surface area (TPSA) is 35.5 Å². The van der Waals surface area contributed by atoms with Crippen LogP contribution in [0.15, 0.2) is 0 Å². The van der Waals surface area contributed by atoms with Crippen molar-refractivity contribution in [3.05, 3.63) is 0 Å². The fourth-order valence-corrected chi connectivity index (χ4v) is 2.13. The lowest BCUT2D eigenvalue weighted by atomic mass is 9.96. The molecular weight excluding hydrogens is 188 g/mol. The standard InChI is InChI=1S/C12H26N2O/c1-11(2)9-13-10-12-3-5-14(6-4-12)7-8-15/h11-13,15H,3-10H2,1-2H3. The van der Waals surface area contributed by atoms with E-state index in [0.29, 0.717) is 6.61 Å². The lowest BCUT2D eigenvalue weighted by Crippen LogP contribution is -2.39. The first-order valence-corrected chi connectivity index (χ1v) is 6.26. The highest BCUT2D eigenvalue weighted by Crippen LogP contribution is 2.15. The smallest absolute Gasteiger partial charge is 0.0558 e. The SMILES string of the molecule is CC(C)CNCC1CCN(CCO)CC1. The summed E-state index contributed by atoms with van der Waals surface area (Å²) in [6, 6.07) is 0. The fraction of sp³-hybridized carbons (Fsp3) is 1.00. The van der Waals surface area contributed by atoms with Crippen LogP contribution in [0, 0.1) is 11.8 Å². The van der Waals surface area contributed by atoms with Crippen molar-refractivity contribution in [2.75, 3.05) is 39.3 Å². The Balaban J connectivity index is 2.04. The lowest BCUT2D eigenvalue weighted by Gasteiger charge is -2.31. The minimum absolute atomic E-state index is 0.302. The molecule has 90 valence electrons. The van der Waals surface area contributed by atoms with Crippen LogP contribution in [0.4, 0.5) is 0 Å². The average molecular weight is 214 g/mol. The van der Waals surface area contributed by atoms with Crippen molar-refractivity contribution in [1.29, 1.82) is 0 Å². The van der Waals surface area contributed by atoms with Crippen LogP contribution < -0.4 is 5.32 Å². The van der Waals surface area contributed by atoms with Crippen LogP contribution in [-0.4, -0.2) is 49.3 Å². The summed E-state index contributed by atoms with van der Waals surface area (Å²) in [4.78, 5) is 2.36. The summed E-state index contributed by atoms with van der Waals surface area (Å²) in [5, 5.41) is 12.4. The zero-order valence-corrected chi connectivity index (χ0v) is 10.2. The molecule has 0 bridgehead atoms. The molecule has 0 aromatic carbocycles. The van der Waals surface area contributed by atoms with Gasteiger partial charge in [0.15, 0.2) is 0 Å². The predicted molar refractivity (Wildman–Crippen MR) is 64.0 cm³/mol. The van der Waals surface area contributed by atoms with Crippen molar-refractivity contribution < 1.29 is 5.11 Å². The zero-order chi connectivity index (χ0) is 11.1. The number of piperidine rings is 1. The van der Waals surface area contributed by atoms with E-state index in [1.807, 2.05) is 0 Å². The Morgan fingerprint density at radius 2 is 2.00 bits per heavy atom. The second-order valence-corrected chi connectivity index (χ2v) is 5.06. The third kappa shape index (κ3) is 5.50. The Labute approximate surface area is 93.9 Å². The minimum atomic E-state index is 0.302. The first-order valence-electron chi connectivity index (χ1n) is 6.26. The number of nitrogens with one attached hydrogen (secondary N) is 1. The molecule has 2 N–H and O–H groups in total. The highest BCUT2D eigenvalue weighted by Gasteiger charge is 2.18. The second kappa shape index (κ2) is 7.20. The Morgan fingerprint density at radius 3 is 2.53 bits per heavy atom. The number of hydrogen-bond acceptors (Lipinski definition) is 3. The average Bonchev–Trinajstić information content (AvgIpc) is 2.20. The predicted octanol–water partition coefficient (Wildman–Crippen LogP) is 0.936. The van der Waals surface area contributed by atoms with E-state index in [-0.39, 0.29) is 0 Å². The maximum Gasteiger partial charge on any atom is 0.0558 e. The van der Waals surface area contributed by atoms with Crippen LogP contribution in [-0.2, 0) is 0 Å². The number of rotatable bonds is 6. The zero-order valence-electron chi connectivity index (χ0n) is 10.2. The maximum atomic E-state index is 8.83. The van der Waals surface area contributed by atoms with Gasteiger partial charge < -0.3 is 15.3 Å². The molecule has 3 nitrogen and oxygen atoms in total. The molecule has 15 heavy (non-hydrogen) atoms. The van der Waals surface area contributed by atoms with E-state index in [0.717, 1.165) is 38.0 Å². The summed E-state index contributed by atoms with van der Waals surface area (Å²) in [6.45, 7) is 10.3. The van der Waals surface area contributed by atoms with Crippen LogP contribution in [0.2, 0.25) is 0 Å². The van der Waals surface area contributed by atoms with Gasteiger partial charge in [-0.1, -0.05) is 13.8 Å². The van der Waals surface area contributed by atoms with Crippen LogP contribution in [0.25, 0.3) is 0 Å². The monoisotopic (exact) mass is 214 g/mol. The van der Waals surface area contributed by atoms with Gasteiger partial charge in [-0.25, -0.2) is 0 Å². The molecule has 0 aromatic rings. The quantitative estimate of drug-likeness (QED) is 0.690. The van der Waals surface area contributed by atoms with Gasteiger partial charge in [-0.2, -0.15) is 0 Å². The van der Waals surface area contributed by atoms with Gasteiger partial charge in [-0.3, -0.25) is 0 Å². The molecule has 1 heterocycles. The van der Waals surface area contributed by atoms with Crippen molar-refractivity contribution in [3.63, 3.8) is 0 Å². The molecule has 3 heteroatoms. The summed E-state index contributed by atoms with van der Waals surface area (Å²) in [5.74, 6) is 1.60. The molecule has 0 unspecified atom stereocenters. The normalized spacial score (nSPS) is 20.0. The number of nitrogens with zero attached hydrogens (tertiary/aromatic N) is 1. The summed E-state index contributed by atoms with van der Waals surface area (Å²) in [5.41, 5.74) is 0. The summed E-state index contributed by atoms with van der Waals surface area (Å²) < 4.78 is 0. The van der Waals surface area contributed by atoms with Crippen LogP contribution in [0.5, 0.6) is 0 Å². The van der Waals surface area contributed by atoms with Crippen molar-refractivity contribution in [3.8, 4) is 0 Å². The van der Waals surface area contributed by atoms with E-state index in [1.165, 1.54) is 19.4 Å². The van der Waals surface area contributed by atoms with Crippen LogP contribution in [0.1, 0.15) is 26.7 Å². The first kappa shape index (κ1) is 12.9. The van der Waals surface area contributed by atoms with E-state index in [4.69, 9.17) is 5.11 Å². The van der Waals surface area contributed by atoms with Crippen molar-refractivity contribution in [2.45, 2.75) is 26.7 Å². The second-order valence-electron chi connectivity index (χ2n) is 5.06. The van der Waals surface area contributed by atoms with E-state index in [1.54, 1.807) is 0 Å². The molecule has 0 radical (unpaired) electrons. The first-order chi connectivity index (χ1) is 7.22. The Bertz CT molecular complexity index is 154. The van der Waals surface area contributed by atoms with Gasteiger partial charge in [0.2, 0.25) is 0 Å². The minimum Gasteiger partial charge on any atom is -0.395 e. The Hall–Kier alpha value is -0.120. The van der Waals surface area contributed by atoms with Gasteiger partial charge in [0.05, 0.1) is 6.61 Å². The maximum absolute atomic E-state index is 8.83. The van der Waals surface area contributed by atoms with Crippen molar-refractivity contribution in [2.24, 2.45) is 11.8 Å². The van der Waals surface area contributed by atoms with E-state index in [2.05, 4.69) is 24.1 Å². The van der Waals surface area contributed by atoms with E-state index in [9.17, 15) is 0 Å². The molecule has 0 saturated carbocycles. The molecule has 1 saturated heterocycles. The summed E-state index contributed by atoms with van der Waals surface area (Å²) in [6.07, 6.45) is 2.57. The largest absolute Gasteiger partial charge is 0.395 e. The molecule has 0 aromatic heterocycles. The van der Waals surface area contributed by atoms with Crippen LogP contribution in [0.3, 0.4) is 0 Å². The molecule has 0 spiro atoms. The fourth-order valence-electron chi connectivity index (χ4n) is 2.13. The third-order valence-electron chi connectivity index (χ3n) is 3.11. The highest BCUT2D eigenvalue weighted by molar-refractivity contribution is 4.73. The molecule has 1 aliphatic rings. The molecule has 0 amide bonds. The number of aliphatic hydroxyl groups is 1. The van der Waals surface area contributed by atoms with Gasteiger partial charge >= 0.3 is 0 Å². The number of likely N-dealkylation sites (tertiary alicyclic amines) is 1. The number of hydrogen-bond donors (Lipinski definition) is 2. The van der Waals surface area contributed by atoms with Gasteiger partial charge in [0.1, 0.15) is 0 Å². The third-order valence-corrected chi connectivity index (χ3v) is 3.11. The van der Waals surface area contributed by atoms with E-state index < -0.39 is 0 Å². The Kier molecular flexibility index (Phi) is 6.22. The molecule has 0 atom stereocenters. The number of aliphatic hydroxyl groups excluding tert-OH is 1. The Morgan fingerprint density at radius 1 is 1.33 bits per heavy atom. The van der Waals surface area contributed by atoms with Crippen LogP contribution >= 0.6 is 0 Å². The summed E-state index contributed by atoms with van der Waals surface area (Å²) in [7, 11) is 0. The molecular formula is C12H26N2O. The summed E-state index contributed by atoms with van der Waals surface area (Å²) >= 11 is 0. The molecule has 0 aliphatic carbocycles. The number of β-amino-alcohol motifs (C(OH)–C–C–N with tert-alkyl or cyclic N) is 1. The van der Waals surface area contributed by atoms with Gasteiger partial charge in [0.25, 0.3) is 0 Å². The lowest BCUT2D eigenvalue weighted by molar-refractivity contribution is 0.146. The molecule has 1 aliphatic heterocycles. The molecule has 1 fully saturated rings. The van der Waals surface area contributed by atoms with Crippen molar-refractivity contribution in [1.82, 2.24) is 10.2 Å².